The molecule has 1 aliphatic rings. The summed E-state index contributed by atoms with van der Waals surface area (Å²) in [5, 5.41) is 0.711. The van der Waals surface area contributed by atoms with Crippen LogP contribution in [0.3, 0.4) is 0 Å². The van der Waals surface area contributed by atoms with Crippen LogP contribution in [-0.4, -0.2) is 31.3 Å². The third-order valence-corrected chi connectivity index (χ3v) is 3.70. The largest absolute Gasteiger partial charge is 0.309 e. The number of allylic oxidation sites excluding steroid dienone is 1. The molecule has 1 aromatic carbocycles. The van der Waals surface area contributed by atoms with Crippen molar-refractivity contribution in [1.29, 1.82) is 0 Å². The average molecular weight is 278 g/mol. The van der Waals surface area contributed by atoms with E-state index in [4.69, 9.17) is 11.6 Å². The number of Topliss-reactive ketones (excluding diaryl/α,β-unsaturated/α-hetero) is 1. The van der Waals surface area contributed by atoms with E-state index >= 15 is 0 Å². The van der Waals surface area contributed by atoms with Crippen molar-refractivity contribution in [3.63, 3.8) is 0 Å². The summed E-state index contributed by atoms with van der Waals surface area (Å²) < 4.78 is 0. The maximum atomic E-state index is 12.4. The van der Waals surface area contributed by atoms with Crippen LogP contribution >= 0.6 is 11.6 Å². The predicted octanol–water partition coefficient (Wildman–Crippen LogP) is 3.65. The van der Waals surface area contributed by atoms with Crippen LogP contribution in [0.5, 0.6) is 0 Å². The van der Waals surface area contributed by atoms with Crippen LogP contribution in [0.25, 0.3) is 6.08 Å². The van der Waals surface area contributed by atoms with Crippen molar-refractivity contribution in [3.8, 4) is 0 Å². The van der Waals surface area contributed by atoms with Crippen LogP contribution in [-0.2, 0) is 4.79 Å². The lowest BCUT2D eigenvalue weighted by Crippen LogP contribution is -2.31. The Morgan fingerprint density at radius 2 is 2.21 bits per heavy atom. The van der Waals surface area contributed by atoms with E-state index in [0.717, 1.165) is 36.9 Å². The fourth-order valence-corrected chi connectivity index (χ4v) is 2.81. The van der Waals surface area contributed by atoms with Gasteiger partial charge in [0.25, 0.3) is 0 Å². The van der Waals surface area contributed by atoms with E-state index in [-0.39, 0.29) is 5.92 Å². The van der Waals surface area contributed by atoms with Gasteiger partial charge in [-0.3, -0.25) is 4.79 Å². The molecular weight excluding hydrogens is 258 g/mol. The van der Waals surface area contributed by atoms with Crippen molar-refractivity contribution < 1.29 is 4.79 Å². The van der Waals surface area contributed by atoms with Crippen molar-refractivity contribution in [2.75, 3.05) is 20.6 Å². The second-order valence-corrected chi connectivity index (χ2v) is 5.88. The zero-order valence-corrected chi connectivity index (χ0v) is 12.3. The zero-order valence-electron chi connectivity index (χ0n) is 11.5. The van der Waals surface area contributed by atoms with Gasteiger partial charge in [0.2, 0.25) is 0 Å². The molecular formula is C16H20ClNO. The fourth-order valence-electron chi connectivity index (χ4n) is 2.61. The van der Waals surface area contributed by atoms with Crippen molar-refractivity contribution in [2.24, 2.45) is 5.92 Å². The maximum Gasteiger partial charge on any atom is 0.163 e. The number of halogens is 1. The Hall–Kier alpha value is -1.12. The first kappa shape index (κ1) is 14.3. The van der Waals surface area contributed by atoms with Crippen molar-refractivity contribution in [2.45, 2.75) is 19.3 Å². The molecule has 0 spiro atoms. The Labute approximate surface area is 120 Å². The smallest absolute Gasteiger partial charge is 0.163 e. The highest BCUT2D eigenvalue weighted by atomic mass is 35.5. The molecule has 0 aromatic heterocycles. The highest BCUT2D eigenvalue weighted by molar-refractivity contribution is 6.30. The van der Waals surface area contributed by atoms with Crippen LogP contribution in [0.1, 0.15) is 24.8 Å². The van der Waals surface area contributed by atoms with E-state index < -0.39 is 0 Å². The molecule has 0 heterocycles. The van der Waals surface area contributed by atoms with E-state index in [1.54, 1.807) is 0 Å². The summed E-state index contributed by atoms with van der Waals surface area (Å²) in [5.41, 5.74) is 1.96. The first-order valence-corrected chi connectivity index (χ1v) is 7.09. The van der Waals surface area contributed by atoms with Gasteiger partial charge in [0.15, 0.2) is 5.78 Å². The molecule has 0 saturated heterocycles. The summed E-state index contributed by atoms with van der Waals surface area (Å²) in [5.74, 6) is 0.453. The van der Waals surface area contributed by atoms with E-state index in [9.17, 15) is 4.79 Å². The summed E-state index contributed by atoms with van der Waals surface area (Å²) in [6, 6.07) is 7.65. The van der Waals surface area contributed by atoms with E-state index in [2.05, 4.69) is 4.90 Å². The summed E-state index contributed by atoms with van der Waals surface area (Å²) >= 11 is 5.98. The molecule has 1 fully saturated rings. The molecule has 3 heteroatoms. The predicted molar refractivity (Wildman–Crippen MR) is 80.3 cm³/mol. The topological polar surface area (TPSA) is 20.3 Å². The van der Waals surface area contributed by atoms with Gasteiger partial charge < -0.3 is 4.90 Å². The SMILES string of the molecule is CN(C)CC1CCC/C(=C/c2cccc(Cl)c2)C1=O. The second kappa shape index (κ2) is 6.36. The van der Waals surface area contributed by atoms with Gasteiger partial charge in [-0.2, -0.15) is 0 Å². The third-order valence-electron chi connectivity index (χ3n) is 3.46. The van der Waals surface area contributed by atoms with Gasteiger partial charge in [0.1, 0.15) is 0 Å². The van der Waals surface area contributed by atoms with Gasteiger partial charge in [-0.05, 0) is 62.7 Å². The summed E-state index contributed by atoms with van der Waals surface area (Å²) in [6.45, 7) is 0.839. The Morgan fingerprint density at radius 1 is 1.42 bits per heavy atom. The molecule has 19 heavy (non-hydrogen) atoms. The number of hydrogen-bond acceptors (Lipinski definition) is 2. The minimum Gasteiger partial charge on any atom is -0.309 e. The minimum absolute atomic E-state index is 0.147. The van der Waals surface area contributed by atoms with Gasteiger partial charge >= 0.3 is 0 Å². The molecule has 0 bridgehead atoms. The van der Waals surface area contributed by atoms with Gasteiger partial charge in [0, 0.05) is 17.5 Å². The molecule has 102 valence electrons. The van der Waals surface area contributed by atoms with E-state index in [1.165, 1.54) is 0 Å². The number of nitrogens with zero attached hydrogens (tertiary/aromatic N) is 1. The van der Waals surface area contributed by atoms with Gasteiger partial charge in [0.05, 0.1) is 0 Å². The zero-order chi connectivity index (χ0) is 13.8. The highest BCUT2D eigenvalue weighted by Gasteiger charge is 2.26. The average Bonchev–Trinajstić information content (AvgIpc) is 2.34. The Morgan fingerprint density at radius 3 is 2.89 bits per heavy atom. The van der Waals surface area contributed by atoms with Gasteiger partial charge in [-0.15, -0.1) is 0 Å². The van der Waals surface area contributed by atoms with Crippen LogP contribution in [0.2, 0.25) is 5.02 Å². The van der Waals surface area contributed by atoms with E-state index in [0.29, 0.717) is 10.8 Å². The third kappa shape index (κ3) is 3.92. The molecule has 2 nitrogen and oxygen atoms in total. The lowest BCUT2D eigenvalue weighted by atomic mass is 9.83. The number of carbonyl (C=O) groups is 1. The van der Waals surface area contributed by atoms with Gasteiger partial charge in [-0.25, -0.2) is 0 Å². The van der Waals surface area contributed by atoms with Crippen molar-refractivity contribution >= 4 is 23.5 Å². The number of benzene rings is 1. The molecule has 2 rings (SSSR count). The number of rotatable bonds is 3. The summed E-state index contributed by atoms with van der Waals surface area (Å²) in [7, 11) is 4.03. The standard InChI is InChI=1S/C16H20ClNO/c1-18(2)11-14-7-4-6-13(16(14)19)9-12-5-3-8-15(17)10-12/h3,5,8-10,14H,4,6-7,11H2,1-2H3/b13-9-. The fraction of sp³-hybridized carbons (Fsp3) is 0.438. The Bertz CT molecular complexity index is 493. The molecule has 0 aliphatic heterocycles. The first-order valence-electron chi connectivity index (χ1n) is 6.71. The van der Waals surface area contributed by atoms with E-state index in [1.807, 2.05) is 44.4 Å². The Balaban J connectivity index is 2.17. The van der Waals surface area contributed by atoms with Crippen LogP contribution in [0.4, 0.5) is 0 Å². The molecule has 1 atom stereocenters. The second-order valence-electron chi connectivity index (χ2n) is 5.44. The normalized spacial score (nSPS) is 22.2. The molecule has 0 amide bonds. The maximum absolute atomic E-state index is 12.4. The number of carbonyl (C=O) groups excluding carboxylic acids is 1. The number of hydrogen-bond donors (Lipinski definition) is 0. The number of ketones is 1. The monoisotopic (exact) mass is 277 g/mol. The van der Waals surface area contributed by atoms with Crippen LogP contribution in [0.15, 0.2) is 29.8 Å². The summed E-state index contributed by atoms with van der Waals surface area (Å²) in [4.78, 5) is 14.5. The highest BCUT2D eigenvalue weighted by Crippen LogP contribution is 2.27. The van der Waals surface area contributed by atoms with Crippen molar-refractivity contribution in [3.05, 3.63) is 40.4 Å². The lowest BCUT2D eigenvalue weighted by molar-refractivity contribution is -0.120. The van der Waals surface area contributed by atoms with Crippen molar-refractivity contribution in [1.82, 2.24) is 4.90 Å². The summed E-state index contributed by atoms with van der Waals surface area (Å²) in [6.07, 6.45) is 4.98. The lowest BCUT2D eigenvalue weighted by Gasteiger charge is -2.25. The molecule has 0 radical (unpaired) electrons. The molecule has 1 aromatic rings. The van der Waals surface area contributed by atoms with Gasteiger partial charge in [-0.1, -0.05) is 23.7 Å². The van der Waals surface area contributed by atoms with Crippen LogP contribution < -0.4 is 0 Å². The molecule has 0 N–H and O–H groups in total. The molecule has 1 unspecified atom stereocenters. The molecule has 1 saturated carbocycles. The first-order chi connectivity index (χ1) is 9.06. The quantitative estimate of drug-likeness (QED) is 0.786. The minimum atomic E-state index is 0.147. The Kier molecular flexibility index (Phi) is 4.78. The molecule has 1 aliphatic carbocycles. The van der Waals surface area contributed by atoms with Crippen LogP contribution in [0, 0.1) is 5.92 Å².